The monoisotopic (exact) mass is 226 g/mol. The predicted molar refractivity (Wildman–Crippen MR) is 62.9 cm³/mol. The first kappa shape index (κ1) is 11.8. The highest BCUT2D eigenvalue weighted by molar-refractivity contribution is 7.80. The van der Waals surface area contributed by atoms with Gasteiger partial charge in [0, 0.05) is 19.3 Å². The fourth-order valence-corrected chi connectivity index (χ4v) is 1.07. The highest BCUT2D eigenvalue weighted by Gasteiger charge is 2.00. The van der Waals surface area contributed by atoms with Gasteiger partial charge in [0.15, 0.2) is 0 Å². The number of anilines is 1. The molecule has 0 aromatic carbocycles. The third-order valence-electron chi connectivity index (χ3n) is 1.64. The zero-order valence-corrected chi connectivity index (χ0v) is 9.38. The molecule has 0 aliphatic carbocycles. The van der Waals surface area contributed by atoms with Crippen molar-refractivity contribution in [3.8, 4) is 0 Å². The molecule has 6 heteroatoms. The van der Waals surface area contributed by atoms with Crippen molar-refractivity contribution in [1.29, 1.82) is 0 Å². The summed E-state index contributed by atoms with van der Waals surface area (Å²) in [7, 11) is 0. The smallest absolute Gasteiger partial charge is 0.223 e. The Morgan fingerprint density at radius 2 is 2.47 bits per heavy atom. The normalized spacial score (nSPS) is 9.93. The SMILES string of the molecule is CCOCCNc1nccc(C(N)=S)n1. The van der Waals surface area contributed by atoms with Gasteiger partial charge in [0.05, 0.1) is 6.61 Å². The number of nitrogens with one attached hydrogen (secondary N) is 1. The van der Waals surface area contributed by atoms with E-state index < -0.39 is 0 Å². The van der Waals surface area contributed by atoms with Gasteiger partial charge in [0.1, 0.15) is 10.7 Å². The minimum atomic E-state index is 0.269. The van der Waals surface area contributed by atoms with Gasteiger partial charge in [-0.05, 0) is 13.0 Å². The summed E-state index contributed by atoms with van der Waals surface area (Å²) in [6, 6.07) is 1.68. The van der Waals surface area contributed by atoms with Crippen LogP contribution in [0.1, 0.15) is 12.6 Å². The summed E-state index contributed by atoms with van der Waals surface area (Å²) < 4.78 is 5.16. The molecule has 0 amide bonds. The summed E-state index contributed by atoms with van der Waals surface area (Å²) >= 11 is 4.81. The first-order valence-corrected chi connectivity index (χ1v) is 5.09. The van der Waals surface area contributed by atoms with E-state index in [1.54, 1.807) is 12.3 Å². The Morgan fingerprint density at radius 1 is 1.67 bits per heavy atom. The summed E-state index contributed by atoms with van der Waals surface area (Å²) in [6.45, 7) is 3.94. The number of rotatable bonds is 6. The topological polar surface area (TPSA) is 73.1 Å². The van der Waals surface area contributed by atoms with Crippen LogP contribution >= 0.6 is 12.2 Å². The summed E-state index contributed by atoms with van der Waals surface area (Å²) in [5.41, 5.74) is 6.02. The minimum absolute atomic E-state index is 0.269. The summed E-state index contributed by atoms with van der Waals surface area (Å²) in [5.74, 6) is 0.514. The van der Waals surface area contributed by atoms with E-state index in [1.165, 1.54) is 0 Å². The molecular weight excluding hydrogens is 212 g/mol. The molecule has 0 fully saturated rings. The Hall–Kier alpha value is -1.27. The van der Waals surface area contributed by atoms with Crippen LogP contribution in [0.3, 0.4) is 0 Å². The van der Waals surface area contributed by atoms with Crippen LogP contribution in [0.2, 0.25) is 0 Å². The Bertz CT molecular complexity index is 332. The van der Waals surface area contributed by atoms with Crippen LogP contribution in [-0.4, -0.2) is 34.7 Å². The molecule has 15 heavy (non-hydrogen) atoms. The molecule has 0 bridgehead atoms. The van der Waals surface area contributed by atoms with Gasteiger partial charge in [-0.3, -0.25) is 0 Å². The summed E-state index contributed by atoms with van der Waals surface area (Å²) in [5, 5.41) is 3.01. The van der Waals surface area contributed by atoms with Crippen molar-refractivity contribution < 1.29 is 4.74 Å². The number of ether oxygens (including phenoxy) is 1. The van der Waals surface area contributed by atoms with Gasteiger partial charge in [0.25, 0.3) is 0 Å². The van der Waals surface area contributed by atoms with Gasteiger partial charge < -0.3 is 15.8 Å². The maximum Gasteiger partial charge on any atom is 0.223 e. The van der Waals surface area contributed by atoms with E-state index in [0.29, 0.717) is 31.4 Å². The fraction of sp³-hybridized carbons (Fsp3) is 0.444. The second-order valence-electron chi connectivity index (χ2n) is 2.75. The lowest BCUT2D eigenvalue weighted by Gasteiger charge is -2.05. The van der Waals surface area contributed by atoms with E-state index in [-0.39, 0.29) is 4.99 Å². The lowest BCUT2D eigenvalue weighted by molar-refractivity contribution is 0.158. The van der Waals surface area contributed by atoms with E-state index in [0.717, 1.165) is 0 Å². The lowest BCUT2D eigenvalue weighted by atomic mass is 10.4. The lowest BCUT2D eigenvalue weighted by Crippen LogP contribution is -2.15. The Labute approximate surface area is 94.1 Å². The molecule has 82 valence electrons. The maximum absolute atomic E-state index is 5.45. The summed E-state index contributed by atoms with van der Waals surface area (Å²) in [4.78, 5) is 8.42. The summed E-state index contributed by atoms with van der Waals surface area (Å²) in [6.07, 6.45) is 1.62. The van der Waals surface area contributed by atoms with Gasteiger partial charge in [0.2, 0.25) is 5.95 Å². The highest BCUT2D eigenvalue weighted by Crippen LogP contribution is 1.99. The molecule has 3 N–H and O–H groups in total. The molecule has 0 spiro atoms. The molecule has 0 aliphatic heterocycles. The predicted octanol–water partition coefficient (Wildman–Crippen LogP) is 0.559. The molecule has 0 unspecified atom stereocenters. The average Bonchev–Trinajstić information content (AvgIpc) is 2.25. The largest absolute Gasteiger partial charge is 0.388 e. The molecule has 0 aliphatic rings. The Morgan fingerprint density at radius 3 is 3.13 bits per heavy atom. The van der Waals surface area contributed by atoms with Gasteiger partial charge in [-0.2, -0.15) is 0 Å². The van der Waals surface area contributed by atoms with Crippen LogP contribution in [0, 0.1) is 0 Å². The molecule has 5 nitrogen and oxygen atoms in total. The van der Waals surface area contributed by atoms with Crippen molar-refractivity contribution in [2.24, 2.45) is 5.73 Å². The van der Waals surface area contributed by atoms with Crippen molar-refractivity contribution in [3.05, 3.63) is 18.0 Å². The van der Waals surface area contributed by atoms with Crippen LogP contribution in [0.5, 0.6) is 0 Å². The third kappa shape index (κ3) is 4.18. The molecule has 1 rings (SSSR count). The average molecular weight is 226 g/mol. The number of hydrogen-bond acceptors (Lipinski definition) is 5. The quantitative estimate of drug-likeness (QED) is 0.545. The van der Waals surface area contributed by atoms with Crippen molar-refractivity contribution in [2.45, 2.75) is 6.92 Å². The van der Waals surface area contributed by atoms with Crippen molar-refractivity contribution >= 4 is 23.2 Å². The second kappa shape index (κ2) is 6.26. The molecule has 1 aromatic rings. The first-order valence-electron chi connectivity index (χ1n) is 4.68. The number of nitrogens with zero attached hydrogens (tertiary/aromatic N) is 2. The number of thiocarbonyl (C=S) groups is 1. The molecule has 0 saturated heterocycles. The standard InChI is InChI=1S/C9H14N4OS/c1-2-14-6-5-12-9-11-4-3-7(13-9)8(10)15/h3-4H,2,5-6H2,1H3,(H2,10,15)(H,11,12,13). The third-order valence-corrected chi connectivity index (χ3v) is 1.85. The van der Waals surface area contributed by atoms with E-state index in [4.69, 9.17) is 22.7 Å². The van der Waals surface area contributed by atoms with Crippen molar-refractivity contribution in [1.82, 2.24) is 9.97 Å². The first-order chi connectivity index (χ1) is 7.24. The van der Waals surface area contributed by atoms with Crippen LogP contribution in [0.4, 0.5) is 5.95 Å². The number of hydrogen-bond donors (Lipinski definition) is 2. The maximum atomic E-state index is 5.45. The van der Waals surface area contributed by atoms with Gasteiger partial charge in [-0.15, -0.1) is 0 Å². The Kier molecular flexibility index (Phi) is 4.92. The molecule has 0 radical (unpaired) electrons. The van der Waals surface area contributed by atoms with Gasteiger partial charge in [-0.25, -0.2) is 9.97 Å². The van der Waals surface area contributed by atoms with Crippen LogP contribution in [-0.2, 0) is 4.74 Å². The van der Waals surface area contributed by atoms with Crippen molar-refractivity contribution in [3.63, 3.8) is 0 Å². The molecule has 0 saturated carbocycles. The molecule has 0 atom stereocenters. The van der Waals surface area contributed by atoms with Crippen molar-refractivity contribution in [2.75, 3.05) is 25.1 Å². The second-order valence-corrected chi connectivity index (χ2v) is 3.19. The number of nitrogens with two attached hydrogens (primary N) is 1. The van der Waals surface area contributed by atoms with E-state index in [9.17, 15) is 0 Å². The molecular formula is C9H14N4OS. The highest BCUT2D eigenvalue weighted by atomic mass is 32.1. The van der Waals surface area contributed by atoms with E-state index in [1.807, 2.05) is 6.92 Å². The van der Waals surface area contributed by atoms with Gasteiger partial charge >= 0.3 is 0 Å². The zero-order valence-electron chi connectivity index (χ0n) is 8.56. The minimum Gasteiger partial charge on any atom is -0.388 e. The van der Waals surface area contributed by atoms with Crippen LogP contribution < -0.4 is 11.1 Å². The molecule has 1 heterocycles. The van der Waals surface area contributed by atoms with E-state index >= 15 is 0 Å². The Balaban J connectivity index is 2.47. The van der Waals surface area contributed by atoms with Crippen LogP contribution in [0.25, 0.3) is 0 Å². The van der Waals surface area contributed by atoms with Gasteiger partial charge in [-0.1, -0.05) is 12.2 Å². The fourth-order valence-electron chi connectivity index (χ4n) is 0.960. The molecule has 1 aromatic heterocycles. The van der Waals surface area contributed by atoms with E-state index in [2.05, 4.69) is 15.3 Å². The zero-order chi connectivity index (χ0) is 11.1. The number of aromatic nitrogens is 2. The van der Waals surface area contributed by atoms with Crippen LogP contribution in [0.15, 0.2) is 12.3 Å².